The summed E-state index contributed by atoms with van der Waals surface area (Å²) in [5.74, 6) is 0.727. The van der Waals surface area contributed by atoms with Gasteiger partial charge in [0.05, 0.1) is 19.4 Å². The van der Waals surface area contributed by atoms with Gasteiger partial charge in [-0.1, -0.05) is 6.07 Å². The maximum Gasteiger partial charge on any atom is 0.317 e. The summed E-state index contributed by atoms with van der Waals surface area (Å²) in [7, 11) is 0. The number of carbonyl (C=O) groups is 1. The van der Waals surface area contributed by atoms with E-state index in [1.807, 2.05) is 23.6 Å². The molecule has 0 aliphatic heterocycles. The Morgan fingerprint density at radius 2 is 2.25 bits per heavy atom. The Bertz CT molecular complexity index is 402. The van der Waals surface area contributed by atoms with Crippen molar-refractivity contribution in [2.24, 2.45) is 0 Å². The van der Waals surface area contributed by atoms with Crippen LogP contribution >= 0.6 is 22.9 Å². The van der Waals surface area contributed by atoms with Gasteiger partial charge in [0.1, 0.15) is 5.76 Å². The number of nitrogens with zero attached hydrogens (tertiary/aromatic N) is 1. The molecule has 0 radical (unpaired) electrons. The molecule has 2 rings (SSSR count). The van der Waals surface area contributed by atoms with Crippen LogP contribution in [-0.4, -0.2) is 10.3 Å². The highest BCUT2D eigenvalue weighted by Crippen LogP contribution is 2.16. The van der Waals surface area contributed by atoms with Crippen LogP contribution in [0.4, 0.5) is 4.79 Å². The van der Waals surface area contributed by atoms with Gasteiger partial charge in [0, 0.05) is 4.88 Å². The second-order valence-electron chi connectivity index (χ2n) is 3.27. The van der Waals surface area contributed by atoms with Crippen LogP contribution in [0.15, 0.2) is 40.3 Å². The van der Waals surface area contributed by atoms with Gasteiger partial charge in [0.25, 0.3) is 0 Å². The zero-order chi connectivity index (χ0) is 11.4. The standard InChI is InChI=1S/C11H10ClNO2S/c12-11(14)13(7-9-3-1-5-15-9)8-10-4-2-6-16-10/h1-6H,7-8H2. The summed E-state index contributed by atoms with van der Waals surface area (Å²) < 4.78 is 5.18. The fraction of sp³-hybridized carbons (Fsp3) is 0.182. The molecule has 0 aliphatic carbocycles. The van der Waals surface area contributed by atoms with Crippen LogP contribution in [0.1, 0.15) is 10.6 Å². The van der Waals surface area contributed by atoms with Crippen molar-refractivity contribution in [3.8, 4) is 0 Å². The summed E-state index contributed by atoms with van der Waals surface area (Å²) in [4.78, 5) is 13.9. The van der Waals surface area contributed by atoms with E-state index < -0.39 is 5.37 Å². The Hall–Kier alpha value is -1.26. The van der Waals surface area contributed by atoms with E-state index in [1.54, 1.807) is 23.7 Å². The molecule has 0 saturated carbocycles. The first-order chi connectivity index (χ1) is 7.75. The quantitative estimate of drug-likeness (QED) is 0.617. The molecule has 2 heterocycles. The number of furan rings is 1. The van der Waals surface area contributed by atoms with Gasteiger partial charge in [-0.15, -0.1) is 11.3 Å². The predicted molar refractivity (Wildman–Crippen MR) is 63.5 cm³/mol. The lowest BCUT2D eigenvalue weighted by Crippen LogP contribution is -2.24. The third-order valence-electron chi connectivity index (χ3n) is 2.10. The largest absolute Gasteiger partial charge is 0.467 e. The minimum atomic E-state index is -0.468. The molecule has 0 unspecified atom stereocenters. The van der Waals surface area contributed by atoms with Crippen molar-refractivity contribution in [1.29, 1.82) is 0 Å². The number of rotatable bonds is 4. The summed E-state index contributed by atoms with van der Waals surface area (Å²) >= 11 is 7.13. The molecule has 0 aromatic carbocycles. The average Bonchev–Trinajstić information content (AvgIpc) is 2.88. The first-order valence-corrected chi connectivity index (χ1v) is 6.00. The summed E-state index contributed by atoms with van der Waals surface area (Å²) in [5.41, 5.74) is 0. The lowest BCUT2D eigenvalue weighted by Gasteiger charge is -2.17. The van der Waals surface area contributed by atoms with Gasteiger partial charge in [-0.25, -0.2) is 0 Å². The van der Waals surface area contributed by atoms with Gasteiger partial charge in [-0.05, 0) is 35.2 Å². The Kier molecular flexibility index (Phi) is 3.64. The van der Waals surface area contributed by atoms with Crippen LogP contribution in [0.5, 0.6) is 0 Å². The second kappa shape index (κ2) is 5.18. The molecule has 0 fully saturated rings. The van der Waals surface area contributed by atoms with Crippen molar-refractivity contribution in [2.75, 3.05) is 0 Å². The van der Waals surface area contributed by atoms with Crippen LogP contribution in [-0.2, 0) is 13.1 Å². The van der Waals surface area contributed by atoms with E-state index in [-0.39, 0.29) is 0 Å². The van der Waals surface area contributed by atoms with E-state index in [4.69, 9.17) is 16.0 Å². The van der Waals surface area contributed by atoms with Crippen LogP contribution < -0.4 is 0 Å². The van der Waals surface area contributed by atoms with Crippen molar-refractivity contribution in [3.63, 3.8) is 0 Å². The normalized spacial score (nSPS) is 10.3. The molecule has 84 valence electrons. The minimum absolute atomic E-state index is 0.396. The average molecular weight is 256 g/mol. The summed E-state index contributed by atoms with van der Waals surface area (Å²) in [6.07, 6.45) is 1.58. The fourth-order valence-corrected chi connectivity index (χ4v) is 2.20. The monoisotopic (exact) mass is 255 g/mol. The lowest BCUT2D eigenvalue weighted by atomic mass is 10.4. The number of halogens is 1. The van der Waals surface area contributed by atoms with Crippen LogP contribution in [0.3, 0.4) is 0 Å². The molecule has 0 bridgehead atoms. The molecule has 5 heteroatoms. The lowest BCUT2D eigenvalue weighted by molar-refractivity contribution is 0.212. The highest BCUT2D eigenvalue weighted by Gasteiger charge is 2.13. The molecule has 0 spiro atoms. The molecule has 2 aromatic rings. The fourth-order valence-electron chi connectivity index (χ4n) is 1.36. The maximum absolute atomic E-state index is 11.3. The summed E-state index contributed by atoms with van der Waals surface area (Å²) in [6.45, 7) is 0.911. The van der Waals surface area contributed by atoms with E-state index in [0.717, 1.165) is 10.6 Å². The van der Waals surface area contributed by atoms with Gasteiger partial charge >= 0.3 is 5.37 Å². The molecule has 2 aromatic heterocycles. The Labute approximate surface area is 102 Å². The van der Waals surface area contributed by atoms with Crippen molar-refractivity contribution >= 4 is 28.3 Å². The third-order valence-corrected chi connectivity index (χ3v) is 3.20. The predicted octanol–water partition coefficient (Wildman–Crippen LogP) is 3.70. The zero-order valence-corrected chi connectivity index (χ0v) is 10.0. The number of hydrogen-bond acceptors (Lipinski definition) is 3. The minimum Gasteiger partial charge on any atom is -0.467 e. The van der Waals surface area contributed by atoms with E-state index >= 15 is 0 Å². The topological polar surface area (TPSA) is 33.5 Å². The zero-order valence-electron chi connectivity index (χ0n) is 8.43. The second-order valence-corrected chi connectivity index (χ2v) is 4.62. The molecule has 1 amide bonds. The van der Waals surface area contributed by atoms with Crippen LogP contribution in [0.2, 0.25) is 0 Å². The van der Waals surface area contributed by atoms with Gasteiger partial charge in [-0.2, -0.15) is 0 Å². The van der Waals surface area contributed by atoms with Gasteiger partial charge in [0.2, 0.25) is 0 Å². The molecule has 0 aliphatic rings. The van der Waals surface area contributed by atoms with E-state index in [0.29, 0.717) is 13.1 Å². The van der Waals surface area contributed by atoms with Crippen molar-refractivity contribution in [2.45, 2.75) is 13.1 Å². The first-order valence-electron chi connectivity index (χ1n) is 4.75. The number of amides is 1. The Morgan fingerprint density at radius 1 is 1.38 bits per heavy atom. The molecule has 16 heavy (non-hydrogen) atoms. The maximum atomic E-state index is 11.3. The highest BCUT2D eigenvalue weighted by atomic mass is 35.5. The van der Waals surface area contributed by atoms with E-state index in [1.165, 1.54) is 4.90 Å². The third kappa shape index (κ3) is 2.87. The molecule has 3 nitrogen and oxygen atoms in total. The van der Waals surface area contributed by atoms with E-state index in [2.05, 4.69) is 0 Å². The Morgan fingerprint density at radius 3 is 2.81 bits per heavy atom. The molecular formula is C11H10ClNO2S. The van der Waals surface area contributed by atoms with Crippen LogP contribution in [0.25, 0.3) is 0 Å². The molecule has 0 N–H and O–H groups in total. The number of hydrogen-bond donors (Lipinski definition) is 0. The van der Waals surface area contributed by atoms with Crippen molar-refractivity contribution < 1.29 is 9.21 Å². The SMILES string of the molecule is O=C(Cl)N(Cc1ccco1)Cc1cccs1. The van der Waals surface area contributed by atoms with Gasteiger partial charge in [-0.3, -0.25) is 4.79 Å². The molecule has 0 atom stereocenters. The number of thiophene rings is 1. The Balaban J connectivity index is 2.03. The number of carbonyl (C=O) groups excluding carboxylic acids is 1. The van der Waals surface area contributed by atoms with E-state index in [9.17, 15) is 4.79 Å². The van der Waals surface area contributed by atoms with Gasteiger partial charge in [0.15, 0.2) is 0 Å². The smallest absolute Gasteiger partial charge is 0.317 e. The molecule has 0 saturated heterocycles. The summed E-state index contributed by atoms with van der Waals surface area (Å²) in [6, 6.07) is 7.53. The first kappa shape index (κ1) is 11.2. The molecular weight excluding hydrogens is 246 g/mol. The highest BCUT2D eigenvalue weighted by molar-refractivity contribution is 7.09. The van der Waals surface area contributed by atoms with Gasteiger partial charge < -0.3 is 9.32 Å². The van der Waals surface area contributed by atoms with Crippen molar-refractivity contribution in [3.05, 3.63) is 46.5 Å². The van der Waals surface area contributed by atoms with Crippen molar-refractivity contribution in [1.82, 2.24) is 4.90 Å². The van der Waals surface area contributed by atoms with Crippen LogP contribution in [0, 0.1) is 0 Å². The summed E-state index contributed by atoms with van der Waals surface area (Å²) in [5, 5.41) is 1.50.